The number of benzene rings is 3. The van der Waals surface area contributed by atoms with Gasteiger partial charge >= 0.3 is 0 Å². The summed E-state index contributed by atoms with van der Waals surface area (Å²) in [5, 5.41) is 2.99. The zero-order chi connectivity index (χ0) is 28.0. The molecule has 0 saturated carbocycles. The normalized spacial score (nSPS) is 12.1. The largest absolute Gasteiger partial charge is 0.357 e. The third-order valence-electron chi connectivity index (χ3n) is 6.21. The van der Waals surface area contributed by atoms with Gasteiger partial charge in [0.15, 0.2) is 0 Å². The van der Waals surface area contributed by atoms with E-state index >= 15 is 0 Å². The zero-order valence-electron chi connectivity index (χ0n) is 21.7. The van der Waals surface area contributed by atoms with Crippen LogP contribution in [-0.4, -0.2) is 44.8 Å². The molecule has 2 amide bonds. The summed E-state index contributed by atoms with van der Waals surface area (Å²) in [7, 11) is -2.71. The lowest BCUT2D eigenvalue weighted by molar-refractivity contribution is -0.140. The van der Waals surface area contributed by atoms with Crippen molar-refractivity contribution in [3.63, 3.8) is 0 Å². The van der Waals surface area contributed by atoms with Crippen LogP contribution in [0.3, 0.4) is 0 Å². The average Bonchev–Trinajstić information content (AvgIpc) is 2.88. The van der Waals surface area contributed by atoms with Crippen LogP contribution in [0.4, 0.5) is 10.1 Å². The minimum atomic E-state index is -4.18. The van der Waals surface area contributed by atoms with Crippen LogP contribution in [0.1, 0.15) is 30.0 Å². The fourth-order valence-electron chi connectivity index (χ4n) is 4.12. The predicted molar refractivity (Wildman–Crippen MR) is 147 cm³/mol. The van der Waals surface area contributed by atoms with E-state index < -0.39 is 40.2 Å². The van der Waals surface area contributed by atoms with Gasteiger partial charge in [-0.05, 0) is 73.9 Å². The Morgan fingerprint density at radius 1 is 1.00 bits per heavy atom. The first kappa shape index (κ1) is 29.1. The van der Waals surface area contributed by atoms with Crippen molar-refractivity contribution in [2.24, 2.45) is 0 Å². The maximum absolute atomic E-state index is 13.9. The fourth-order valence-corrected chi connectivity index (χ4v) is 5.83. The molecular weight excluding hydrogens is 529 g/mol. The SMILES string of the molecule is CC[C@H](C(=O)NC)N(Cc1ccc(F)cc1)C(=O)CN(c1ccc(Cl)cc1C)S(=O)(=O)c1ccc(C)cc1. The van der Waals surface area contributed by atoms with E-state index in [1.165, 1.54) is 48.3 Å². The van der Waals surface area contributed by atoms with Gasteiger partial charge in [0, 0.05) is 18.6 Å². The van der Waals surface area contributed by atoms with Crippen LogP contribution >= 0.6 is 11.6 Å². The Hall–Kier alpha value is -3.43. The number of carbonyl (C=O) groups is 2. The van der Waals surface area contributed by atoms with Crippen LogP contribution in [0.2, 0.25) is 5.02 Å². The fraction of sp³-hybridized carbons (Fsp3) is 0.286. The number of halogens is 2. The standard InChI is InChI=1S/C28H31ClFN3O4S/c1-5-25(28(35)31-4)32(17-21-8-11-23(30)12-9-21)27(34)18-33(26-15-10-22(29)16-20(26)3)38(36,37)24-13-6-19(2)7-14-24/h6-16,25H,5,17-18H2,1-4H3,(H,31,35)/t25-/m1/s1. The highest BCUT2D eigenvalue weighted by atomic mass is 35.5. The third-order valence-corrected chi connectivity index (χ3v) is 8.22. The van der Waals surface area contributed by atoms with Crippen molar-refractivity contribution in [2.45, 2.75) is 44.7 Å². The molecule has 0 aliphatic rings. The molecule has 10 heteroatoms. The molecule has 3 aromatic rings. The molecule has 0 fully saturated rings. The number of anilines is 1. The van der Waals surface area contributed by atoms with Gasteiger partial charge in [0.05, 0.1) is 10.6 Å². The van der Waals surface area contributed by atoms with Crippen molar-refractivity contribution in [1.29, 1.82) is 0 Å². The van der Waals surface area contributed by atoms with E-state index in [-0.39, 0.29) is 23.5 Å². The summed E-state index contributed by atoms with van der Waals surface area (Å²) in [6.45, 7) is 4.74. The highest BCUT2D eigenvalue weighted by Crippen LogP contribution is 2.29. The maximum Gasteiger partial charge on any atom is 0.264 e. The van der Waals surface area contributed by atoms with Crippen molar-refractivity contribution < 1.29 is 22.4 Å². The van der Waals surface area contributed by atoms with Gasteiger partial charge in [-0.15, -0.1) is 0 Å². The van der Waals surface area contributed by atoms with Crippen LogP contribution in [0, 0.1) is 19.7 Å². The van der Waals surface area contributed by atoms with Gasteiger partial charge in [-0.2, -0.15) is 0 Å². The number of sulfonamides is 1. The first-order valence-electron chi connectivity index (χ1n) is 12.1. The van der Waals surface area contributed by atoms with E-state index in [0.717, 1.165) is 9.87 Å². The molecule has 202 valence electrons. The molecule has 0 radical (unpaired) electrons. The molecule has 0 unspecified atom stereocenters. The van der Waals surface area contributed by atoms with Gasteiger partial charge in [-0.1, -0.05) is 48.4 Å². The molecule has 3 aromatic carbocycles. The second kappa shape index (κ2) is 12.4. The summed E-state index contributed by atoms with van der Waals surface area (Å²) in [6, 6.07) is 15.8. The van der Waals surface area contributed by atoms with Gasteiger partial charge in [0.1, 0.15) is 18.4 Å². The molecule has 7 nitrogen and oxygen atoms in total. The Kier molecular flexibility index (Phi) is 9.51. The summed E-state index contributed by atoms with van der Waals surface area (Å²) >= 11 is 6.12. The van der Waals surface area contributed by atoms with Crippen molar-refractivity contribution in [3.8, 4) is 0 Å². The van der Waals surface area contributed by atoms with Gasteiger partial charge in [-0.3, -0.25) is 13.9 Å². The summed E-state index contributed by atoms with van der Waals surface area (Å²) in [4.78, 5) is 27.9. The van der Waals surface area contributed by atoms with Crippen molar-refractivity contribution in [1.82, 2.24) is 10.2 Å². The molecule has 0 aliphatic carbocycles. The van der Waals surface area contributed by atoms with Gasteiger partial charge in [0.2, 0.25) is 11.8 Å². The lowest BCUT2D eigenvalue weighted by Crippen LogP contribution is -2.51. The monoisotopic (exact) mass is 559 g/mol. The van der Waals surface area contributed by atoms with Crippen LogP contribution < -0.4 is 9.62 Å². The number of rotatable bonds is 10. The summed E-state index contributed by atoms with van der Waals surface area (Å²) in [5.41, 5.74) is 2.33. The quantitative estimate of drug-likeness (QED) is 0.385. The van der Waals surface area contributed by atoms with Crippen LogP contribution in [0.5, 0.6) is 0 Å². The second-order valence-corrected chi connectivity index (χ2v) is 11.2. The molecule has 0 aliphatic heterocycles. The number of nitrogens with zero attached hydrogens (tertiary/aromatic N) is 2. The van der Waals surface area contributed by atoms with E-state index in [2.05, 4.69) is 5.32 Å². The average molecular weight is 560 g/mol. The molecule has 0 aromatic heterocycles. The minimum absolute atomic E-state index is 0.0109. The van der Waals surface area contributed by atoms with Gasteiger partial charge in [0.25, 0.3) is 10.0 Å². The molecule has 0 saturated heterocycles. The Morgan fingerprint density at radius 2 is 1.63 bits per heavy atom. The van der Waals surface area contributed by atoms with Gasteiger partial charge < -0.3 is 10.2 Å². The van der Waals surface area contributed by atoms with Crippen molar-refractivity contribution in [2.75, 3.05) is 17.9 Å². The first-order chi connectivity index (χ1) is 18.0. The molecule has 0 bridgehead atoms. The second-order valence-electron chi connectivity index (χ2n) is 8.94. The highest BCUT2D eigenvalue weighted by Gasteiger charge is 2.34. The van der Waals surface area contributed by atoms with Crippen LogP contribution in [0.25, 0.3) is 0 Å². The number of aryl methyl sites for hydroxylation is 2. The molecule has 1 N–H and O–H groups in total. The smallest absolute Gasteiger partial charge is 0.264 e. The molecule has 3 rings (SSSR count). The summed E-state index contributed by atoms with van der Waals surface area (Å²) in [6.07, 6.45) is 0.289. The minimum Gasteiger partial charge on any atom is -0.357 e. The Bertz CT molecular complexity index is 1400. The van der Waals surface area contributed by atoms with E-state index in [1.54, 1.807) is 44.2 Å². The molecule has 0 heterocycles. The molecule has 0 spiro atoms. The zero-order valence-corrected chi connectivity index (χ0v) is 23.3. The maximum atomic E-state index is 13.9. The predicted octanol–water partition coefficient (Wildman–Crippen LogP) is 4.84. The number of hydrogen-bond donors (Lipinski definition) is 1. The topological polar surface area (TPSA) is 86.8 Å². The molecule has 1 atom stereocenters. The Balaban J connectivity index is 2.09. The summed E-state index contributed by atoms with van der Waals surface area (Å²) < 4.78 is 42.3. The van der Waals surface area contributed by atoms with E-state index in [9.17, 15) is 22.4 Å². The number of hydrogen-bond acceptors (Lipinski definition) is 4. The van der Waals surface area contributed by atoms with E-state index in [4.69, 9.17) is 11.6 Å². The molecule has 38 heavy (non-hydrogen) atoms. The number of nitrogens with one attached hydrogen (secondary N) is 1. The molecular formula is C28H31ClFN3O4S. The van der Waals surface area contributed by atoms with Crippen molar-refractivity contribution >= 4 is 39.1 Å². The van der Waals surface area contributed by atoms with Crippen LogP contribution in [-0.2, 0) is 26.2 Å². The van der Waals surface area contributed by atoms with E-state index in [0.29, 0.717) is 16.1 Å². The third kappa shape index (κ3) is 6.71. The lowest BCUT2D eigenvalue weighted by atomic mass is 10.1. The van der Waals surface area contributed by atoms with Gasteiger partial charge in [-0.25, -0.2) is 12.8 Å². The Morgan fingerprint density at radius 3 is 2.18 bits per heavy atom. The first-order valence-corrected chi connectivity index (χ1v) is 13.9. The number of amides is 2. The van der Waals surface area contributed by atoms with E-state index in [1.807, 2.05) is 6.92 Å². The number of carbonyl (C=O) groups excluding carboxylic acids is 2. The summed E-state index contributed by atoms with van der Waals surface area (Å²) in [5.74, 6) is -1.41. The highest BCUT2D eigenvalue weighted by molar-refractivity contribution is 7.92. The lowest BCUT2D eigenvalue weighted by Gasteiger charge is -2.33. The van der Waals surface area contributed by atoms with Crippen molar-refractivity contribution in [3.05, 3.63) is 94.3 Å². The van der Waals surface area contributed by atoms with Crippen LogP contribution in [0.15, 0.2) is 71.6 Å². The Labute approximate surface area is 228 Å². The number of likely N-dealkylation sites (N-methyl/N-ethyl adjacent to an activating group) is 1.